The van der Waals surface area contributed by atoms with E-state index in [4.69, 9.17) is 4.74 Å². The Morgan fingerprint density at radius 2 is 1.84 bits per heavy atom. The predicted octanol–water partition coefficient (Wildman–Crippen LogP) is 5.14. The second kappa shape index (κ2) is 7.47. The number of hydrogen-bond donors (Lipinski definition) is 0. The molecule has 0 aromatic heterocycles. The number of allylic oxidation sites excluding steroid dienone is 4. The van der Waals surface area contributed by atoms with E-state index in [0.29, 0.717) is 6.42 Å². The highest BCUT2D eigenvalue weighted by molar-refractivity contribution is 6.05. The molecule has 128 valence electrons. The minimum atomic E-state index is -0.281. The predicted molar refractivity (Wildman–Crippen MR) is 98.0 cm³/mol. The van der Waals surface area contributed by atoms with Crippen molar-refractivity contribution in [1.82, 2.24) is 0 Å². The van der Waals surface area contributed by atoms with Gasteiger partial charge in [0.2, 0.25) is 0 Å². The summed E-state index contributed by atoms with van der Waals surface area (Å²) in [6, 6.07) is 14.4. The van der Waals surface area contributed by atoms with Crippen LogP contribution in [-0.2, 0) is 11.2 Å². The van der Waals surface area contributed by atoms with Gasteiger partial charge in [-0.3, -0.25) is 4.79 Å². The first-order valence-electron chi connectivity index (χ1n) is 8.39. The summed E-state index contributed by atoms with van der Waals surface area (Å²) in [4.78, 5) is 12.4. The largest absolute Gasteiger partial charge is 0.497 e. The summed E-state index contributed by atoms with van der Waals surface area (Å²) >= 11 is 0. The van der Waals surface area contributed by atoms with Gasteiger partial charge in [0.25, 0.3) is 0 Å². The fourth-order valence-corrected chi connectivity index (χ4v) is 3.06. The number of carbonyl (C=O) groups excluding carboxylic acids is 1. The Hall–Kier alpha value is -2.68. The van der Waals surface area contributed by atoms with Gasteiger partial charge in [-0.15, -0.1) is 0 Å². The highest BCUT2D eigenvalue weighted by Crippen LogP contribution is 2.30. The molecule has 0 fully saturated rings. The second-order valence-corrected chi connectivity index (χ2v) is 6.28. The topological polar surface area (TPSA) is 26.3 Å². The summed E-state index contributed by atoms with van der Waals surface area (Å²) in [5, 5.41) is 0. The summed E-state index contributed by atoms with van der Waals surface area (Å²) in [6.07, 6.45) is 4.01. The molecule has 2 aromatic carbocycles. The quantitative estimate of drug-likeness (QED) is 0.756. The molecule has 0 spiro atoms. The van der Waals surface area contributed by atoms with E-state index in [1.165, 1.54) is 17.7 Å². The maximum Gasteiger partial charge on any atom is 0.163 e. The van der Waals surface area contributed by atoms with Gasteiger partial charge in [0.1, 0.15) is 11.6 Å². The number of methoxy groups -OCH3 is 1. The standard InChI is InChI=1S/C22H21FO2/c1-15-17(9-6-16-7-10-21(25-2)11-8-16)12-19(14-22(15)24)18-4-3-5-20(23)13-18/h3-5,7-8,10-13H,6,9,14H2,1-2H3. The van der Waals surface area contributed by atoms with E-state index in [1.54, 1.807) is 13.2 Å². The Labute approximate surface area is 147 Å². The van der Waals surface area contributed by atoms with Gasteiger partial charge < -0.3 is 4.74 Å². The highest BCUT2D eigenvalue weighted by atomic mass is 19.1. The van der Waals surface area contributed by atoms with Gasteiger partial charge in [-0.25, -0.2) is 4.39 Å². The number of carbonyl (C=O) groups is 1. The Morgan fingerprint density at radius 1 is 1.08 bits per heavy atom. The van der Waals surface area contributed by atoms with Crippen LogP contribution in [-0.4, -0.2) is 12.9 Å². The van der Waals surface area contributed by atoms with Crippen LogP contribution in [0.15, 0.2) is 65.8 Å². The first-order valence-corrected chi connectivity index (χ1v) is 8.39. The zero-order valence-electron chi connectivity index (χ0n) is 14.5. The van der Waals surface area contributed by atoms with E-state index in [9.17, 15) is 9.18 Å². The van der Waals surface area contributed by atoms with Crippen LogP contribution in [0.1, 0.15) is 30.9 Å². The van der Waals surface area contributed by atoms with Crippen molar-refractivity contribution in [3.63, 3.8) is 0 Å². The summed E-state index contributed by atoms with van der Waals surface area (Å²) in [7, 11) is 1.65. The molecule has 0 radical (unpaired) electrons. The van der Waals surface area contributed by atoms with E-state index in [2.05, 4.69) is 6.08 Å². The van der Waals surface area contributed by atoms with Crippen molar-refractivity contribution in [2.75, 3.05) is 7.11 Å². The zero-order valence-corrected chi connectivity index (χ0v) is 14.5. The molecule has 3 rings (SSSR count). The van der Waals surface area contributed by atoms with Crippen molar-refractivity contribution < 1.29 is 13.9 Å². The molecule has 0 saturated heterocycles. The van der Waals surface area contributed by atoms with Crippen molar-refractivity contribution >= 4 is 11.4 Å². The minimum absolute atomic E-state index is 0.117. The number of hydrogen-bond acceptors (Lipinski definition) is 2. The fraction of sp³-hybridized carbons (Fsp3) is 0.227. The van der Waals surface area contributed by atoms with E-state index in [1.807, 2.05) is 37.3 Å². The second-order valence-electron chi connectivity index (χ2n) is 6.28. The zero-order chi connectivity index (χ0) is 17.8. The molecule has 2 nitrogen and oxygen atoms in total. The molecule has 0 aliphatic heterocycles. The van der Waals surface area contributed by atoms with E-state index < -0.39 is 0 Å². The van der Waals surface area contributed by atoms with Crippen molar-refractivity contribution in [3.05, 3.63) is 82.7 Å². The number of Topliss-reactive ketones (excluding diaryl/α,β-unsaturated/α-hetero) is 1. The number of halogens is 1. The lowest BCUT2D eigenvalue weighted by Crippen LogP contribution is -2.09. The van der Waals surface area contributed by atoms with Gasteiger partial charge in [-0.2, -0.15) is 0 Å². The maximum atomic E-state index is 13.5. The van der Waals surface area contributed by atoms with Crippen LogP contribution >= 0.6 is 0 Å². The average molecular weight is 336 g/mol. The number of ether oxygens (including phenoxy) is 1. The molecule has 2 aromatic rings. The van der Waals surface area contributed by atoms with Crippen LogP contribution in [0.25, 0.3) is 5.57 Å². The van der Waals surface area contributed by atoms with Gasteiger partial charge in [0.05, 0.1) is 7.11 Å². The van der Waals surface area contributed by atoms with Crippen molar-refractivity contribution in [2.45, 2.75) is 26.2 Å². The molecular formula is C22H21FO2. The first kappa shape index (κ1) is 17.2. The molecule has 1 aliphatic carbocycles. The molecule has 0 atom stereocenters. The maximum absolute atomic E-state index is 13.5. The van der Waals surface area contributed by atoms with E-state index in [-0.39, 0.29) is 11.6 Å². The number of aryl methyl sites for hydroxylation is 1. The van der Waals surface area contributed by atoms with Crippen LogP contribution in [0, 0.1) is 5.82 Å². The van der Waals surface area contributed by atoms with Crippen molar-refractivity contribution in [3.8, 4) is 5.75 Å². The van der Waals surface area contributed by atoms with Crippen LogP contribution in [0.4, 0.5) is 4.39 Å². The molecule has 25 heavy (non-hydrogen) atoms. The Morgan fingerprint density at radius 3 is 2.52 bits per heavy atom. The summed E-state index contributed by atoms with van der Waals surface area (Å²) < 4.78 is 18.7. The minimum Gasteiger partial charge on any atom is -0.497 e. The molecule has 1 aliphatic rings. The molecule has 0 unspecified atom stereocenters. The number of rotatable bonds is 5. The van der Waals surface area contributed by atoms with Crippen molar-refractivity contribution in [2.24, 2.45) is 0 Å². The molecular weight excluding hydrogens is 315 g/mol. The van der Waals surface area contributed by atoms with Crippen LogP contribution in [0.3, 0.4) is 0 Å². The summed E-state index contributed by atoms with van der Waals surface area (Å²) in [5.74, 6) is 0.670. The summed E-state index contributed by atoms with van der Waals surface area (Å²) in [5.41, 5.74) is 4.71. The SMILES string of the molecule is COc1ccc(CCC2=C(C)C(=O)CC(c3cccc(F)c3)=C2)cc1. The fourth-order valence-electron chi connectivity index (χ4n) is 3.06. The Kier molecular flexibility index (Phi) is 5.13. The first-order chi connectivity index (χ1) is 12.1. The molecule has 0 N–H and O–H groups in total. The van der Waals surface area contributed by atoms with Crippen LogP contribution < -0.4 is 4.74 Å². The van der Waals surface area contributed by atoms with Crippen molar-refractivity contribution in [1.29, 1.82) is 0 Å². The normalized spacial score (nSPS) is 14.5. The Bertz CT molecular complexity index is 845. The lowest BCUT2D eigenvalue weighted by Gasteiger charge is -2.18. The van der Waals surface area contributed by atoms with E-state index >= 15 is 0 Å². The smallest absolute Gasteiger partial charge is 0.163 e. The number of ketones is 1. The lowest BCUT2D eigenvalue weighted by atomic mass is 9.86. The Balaban J connectivity index is 1.80. The molecule has 0 bridgehead atoms. The van der Waals surface area contributed by atoms with Gasteiger partial charge >= 0.3 is 0 Å². The van der Waals surface area contributed by atoms with Gasteiger partial charge in [0.15, 0.2) is 5.78 Å². The van der Waals surface area contributed by atoms with E-state index in [0.717, 1.165) is 40.9 Å². The third kappa shape index (κ3) is 4.05. The average Bonchev–Trinajstić information content (AvgIpc) is 2.63. The van der Waals surface area contributed by atoms with Crippen LogP contribution in [0.5, 0.6) is 5.75 Å². The summed E-state index contributed by atoms with van der Waals surface area (Å²) in [6.45, 7) is 1.88. The lowest BCUT2D eigenvalue weighted by molar-refractivity contribution is -0.114. The molecule has 0 amide bonds. The van der Waals surface area contributed by atoms with Gasteiger partial charge in [-0.1, -0.05) is 30.3 Å². The molecule has 0 saturated carbocycles. The third-order valence-corrected chi connectivity index (χ3v) is 4.64. The monoisotopic (exact) mass is 336 g/mol. The number of benzene rings is 2. The van der Waals surface area contributed by atoms with Gasteiger partial charge in [0, 0.05) is 6.42 Å². The third-order valence-electron chi connectivity index (χ3n) is 4.64. The van der Waals surface area contributed by atoms with Crippen LogP contribution in [0.2, 0.25) is 0 Å². The molecule has 0 heterocycles. The molecule has 3 heteroatoms. The van der Waals surface area contributed by atoms with Gasteiger partial charge in [-0.05, 0) is 71.9 Å². The highest BCUT2D eigenvalue weighted by Gasteiger charge is 2.19.